The van der Waals surface area contributed by atoms with Gasteiger partial charge in [-0.1, -0.05) is 0 Å². The largest absolute Gasteiger partial charge is 0.293 e. The maximum Gasteiger partial charge on any atom is 0.172 e. The number of H-pyrrole nitrogens is 1. The van der Waals surface area contributed by atoms with E-state index in [0.717, 1.165) is 36.9 Å². The predicted octanol–water partition coefficient (Wildman–Crippen LogP) is 1.32. The molecule has 0 radical (unpaired) electrons. The van der Waals surface area contributed by atoms with Gasteiger partial charge in [-0.05, 0) is 25.7 Å². The second-order valence-corrected chi connectivity index (χ2v) is 3.87. The fourth-order valence-electron chi connectivity index (χ4n) is 2.09. The molecule has 3 nitrogen and oxygen atoms in total. The third kappa shape index (κ3) is 0.618. The van der Waals surface area contributed by atoms with E-state index in [4.69, 9.17) is 0 Å². The molecule has 2 aliphatic carbocycles. The number of rotatable bonds is 0. The molecule has 0 atom stereocenters. The van der Waals surface area contributed by atoms with Crippen molar-refractivity contribution in [3.05, 3.63) is 17.5 Å². The van der Waals surface area contributed by atoms with Crippen LogP contribution in [0.25, 0.3) is 0 Å². The molecule has 0 saturated heterocycles. The molecule has 1 aromatic heterocycles. The van der Waals surface area contributed by atoms with Gasteiger partial charge >= 0.3 is 0 Å². The number of fused-ring (bicyclic) bond motifs is 1. The Labute approximate surface area is 70.2 Å². The van der Waals surface area contributed by atoms with E-state index in [1.807, 2.05) is 0 Å². The van der Waals surface area contributed by atoms with Gasteiger partial charge in [-0.3, -0.25) is 9.89 Å². The fraction of sp³-hybridized carbons (Fsp3) is 0.556. The van der Waals surface area contributed by atoms with Gasteiger partial charge in [0.1, 0.15) is 0 Å². The summed E-state index contributed by atoms with van der Waals surface area (Å²) in [7, 11) is 0. The molecule has 3 rings (SSSR count). The summed E-state index contributed by atoms with van der Waals surface area (Å²) in [5.74, 6) is 0.331. The highest BCUT2D eigenvalue weighted by atomic mass is 16.1. The molecular weight excluding hydrogens is 152 g/mol. The van der Waals surface area contributed by atoms with E-state index < -0.39 is 0 Å². The standard InChI is InChI=1S/C9H10N2O/c12-8-6-5-10-11-7(6)1-2-9(8)3-4-9/h5H,1-4H2,(H,10,11). The van der Waals surface area contributed by atoms with Gasteiger partial charge in [-0.15, -0.1) is 0 Å². The van der Waals surface area contributed by atoms with Crippen LogP contribution in [0.2, 0.25) is 0 Å². The van der Waals surface area contributed by atoms with Crippen LogP contribution in [-0.4, -0.2) is 16.0 Å². The van der Waals surface area contributed by atoms with Crippen LogP contribution in [0.15, 0.2) is 6.20 Å². The monoisotopic (exact) mass is 162 g/mol. The van der Waals surface area contributed by atoms with Gasteiger partial charge in [-0.25, -0.2) is 0 Å². The summed E-state index contributed by atoms with van der Waals surface area (Å²) in [6, 6.07) is 0. The number of aryl methyl sites for hydroxylation is 1. The lowest BCUT2D eigenvalue weighted by atomic mass is 9.84. The zero-order valence-corrected chi connectivity index (χ0v) is 6.76. The summed E-state index contributed by atoms with van der Waals surface area (Å²) in [4.78, 5) is 11.8. The van der Waals surface area contributed by atoms with E-state index >= 15 is 0 Å². The molecule has 0 unspecified atom stereocenters. The van der Waals surface area contributed by atoms with Gasteiger partial charge in [0.15, 0.2) is 5.78 Å². The summed E-state index contributed by atoms with van der Waals surface area (Å²) in [6.07, 6.45) is 5.89. The molecule has 62 valence electrons. The first-order valence-corrected chi connectivity index (χ1v) is 4.39. The number of aromatic nitrogens is 2. The Morgan fingerprint density at radius 3 is 3.00 bits per heavy atom. The van der Waals surface area contributed by atoms with Crippen LogP contribution in [0, 0.1) is 5.41 Å². The van der Waals surface area contributed by atoms with Crippen molar-refractivity contribution in [2.45, 2.75) is 25.7 Å². The fourth-order valence-corrected chi connectivity index (χ4v) is 2.09. The van der Waals surface area contributed by atoms with Crippen molar-refractivity contribution in [2.75, 3.05) is 0 Å². The molecule has 0 amide bonds. The van der Waals surface area contributed by atoms with E-state index in [-0.39, 0.29) is 5.41 Å². The van der Waals surface area contributed by atoms with Crippen molar-refractivity contribution >= 4 is 5.78 Å². The van der Waals surface area contributed by atoms with Crippen LogP contribution in [0.5, 0.6) is 0 Å². The smallest absolute Gasteiger partial charge is 0.172 e. The molecule has 1 N–H and O–H groups in total. The highest BCUT2D eigenvalue weighted by molar-refractivity contribution is 6.03. The molecule has 2 aliphatic rings. The normalized spacial score (nSPS) is 24.2. The Morgan fingerprint density at radius 2 is 2.25 bits per heavy atom. The highest BCUT2D eigenvalue weighted by Crippen LogP contribution is 2.54. The van der Waals surface area contributed by atoms with Gasteiger partial charge in [0.25, 0.3) is 0 Å². The first-order chi connectivity index (χ1) is 5.82. The Hall–Kier alpha value is -1.12. The minimum absolute atomic E-state index is 0.0525. The number of carbonyl (C=O) groups is 1. The van der Waals surface area contributed by atoms with Crippen LogP contribution in [0.1, 0.15) is 35.3 Å². The van der Waals surface area contributed by atoms with E-state index in [0.29, 0.717) is 5.78 Å². The topological polar surface area (TPSA) is 45.8 Å². The van der Waals surface area contributed by atoms with Crippen LogP contribution < -0.4 is 0 Å². The lowest BCUT2D eigenvalue weighted by molar-refractivity contribution is 0.0880. The number of hydrogen-bond acceptors (Lipinski definition) is 2. The van der Waals surface area contributed by atoms with Crippen molar-refractivity contribution in [2.24, 2.45) is 5.41 Å². The Balaban J connectivity index is 2.13. The van der Waals surface area contributed by atoms with Gasteiger partial charge < -0.3 is 0 Å². The molecule has 1 saturated carbocycles. The number of ketones is 1. The Morgan fingerprint density at radius 1 is 1.42 bits per heavy atom. The molecule has 0 aliphatic heterocycles. The number of Topliss-reactive ketones (excluding diaryl/α,β-unsaturated/α-hetero) is 1. The molecule has 0 aromatic carbocycles. The Kier molecular flexibility index (Phi) is 0.953. The summed E-state index contributed by atoms with van der Waals surface area (Å²) in [6.45, 7) is 0. The molecule has 0 bridgehead atoms. The number of nitrogens with zero attached hydrogens (tertiary/aromatic N) is 1. The third-order valence-corrected chi connectivity index (χ3v) is 3.15. The molecule has 12 heavy (non-hydrogen) atoms. The zero-order chi connectivity index (χ0) is 8.18. The predicted molar refractivity (Wildman–Crippen MR) is 42.9 cm³/mol. The summed E-state index contributed by atoms with van der Waals surface area (Å²) >= 11 is 0. The van der Waals surface area contributed by atoms with E-state index in [1.54, 1.807) is 6.20 Å². The number of nitrogens with one attached hydrogen (secondary N) is 1. The third-order valence-electron chi connectivity index (χ3n) is 3.15. The molecule has 1 spiro atoms. The maximum absolute atomic E-state index is 11.8. The van der Waals surface area contributed by atoms with Crippen LogP contribution >= 0.6 is 0 Å². The van der Waals surface area contributed by atoms with Crippen molar-refractivity contribution in [3.8, 4) is 0 Å². The average Bonchev–Trinajstić information content (AvgIpc) is 2.69. The van der Waals surface area contributed by atoms with Gasteiger partial charge in [0, 0.05) is 11.1 Å². The summed E-state index contributed by atoms with van der Waals surface area (Å²) in [5.41, 5.74) is 1.94. The van der Waals surface area contributed by atoms with Crippen LogP contribution in [-0.2, 0) is 6.42 Å². The van der Waals surface area contributed by atoms with E-state index in [2.05, 4.69) is 10.2 Å². The van der Waals surface area contributed by atoms with E-state index in [1.165, 1.54) is 0 Å². The minimum Gasteiger partial charge on any atom is -0.293 e. The molecule has 1 heterocycles. The summed E-state index contributed by atoms with van der Waals surface area (Å²) in [5, 5.41) is 6.78. The number of aromatic amines is 1. The zero-order valence-electron chi connectivity index (χ0n) is 6.76. The average molecular weight is 162 g/mol. The molecule has 1 aromatic rings. The van der Waals surface area contributed by atoms with Crippen LogP contribution in [0.3, 0.4) is 0 Å². The van der Waals surface area contributed by atoms with Crippen molar-refractivity contribution in [1.82, 2.24) is 10.2 Å². The van der Waals surface area contributed by atoms with Crippen molar-refractivity contribution in [3.63, 3.8) is 0 Å². The summed E-state index contributed by atoms with van der Waals surface area (Å²) < 4.78 is 0. The molecule has 3 heteroatoms. The lowest BCUT2D eigenvalue weighted by Gasteiger charge is -2.18. The second-order valence-electron chi connectivity index (χ2n) is 3.87. The SMILES string of the molecule is O=C1c2cn[nH]c2CCC12CC2. The minimum atomic E-state index is 0.0525. The van der Waals surface area contributed by atoms with Crippen molar-refractivity contribution < 1.29 is 4.79 Å². The van der Waals surface area contributed by atoms with E-state index in [9.17, 15) is 4.79 Å². The second kappa shape index (κ2) is 1.79. The van der Waals surface area contributed by atoms with Gasteiger partial charge in [-0.2, -0.15) is 5.10 Å². The van der Waals surface area contributed by atoms with Crippen molar-refractivity contribution in [1.29, 1.82) is 0 Å². The maximum atomic E-state index is 11.8. The van der Waals surface area contributed by atoms with Gasteiger partial charge in [0.2, 0.25) is 0 Å². The molecule has 1 fully saturated rings. The number of hydrogen-bond donors (Lipinski definition) is 1. The van der Waals surface area contributed by atoms with Crippen LogP contribution in [0.4, 0.5) is 0 Å². The first kappa shape index (κ1) is 6.40. The highest BCUT2D eigenvalue weighted by Gasteiger charge is 2.52. The first-order valence-electron chi connectivity index (χ1n) is 4.39. The quantitative estimate of drug-likeness (QED) is 0.625. The number of carbonyl (C=O) groups excluding carboxylic acids is 1. The van der Waals surface area contributed by atoms with Gasteiger partial charge in [0.05, 0.1) is 11.8 Å². The Bertz CT molecular complexity index is 349. The molecular formula is C9H10N2O. The lowest BCUT2D eigenvalue weighted by Crippen LogP contribution is -2.22.